The van der Waals surface area contributed by atoms with Crippen molar-refractivity contribution >= 4 is 64.2 Å². The lowest BCUT2D eigenvalue weighted by Crippen LogP contribution is -2.01. The summed E-state index contributed by atoms with van der Waals surface area (Å²) >= 11 is 1.78. The molecule has 0 aliphatic rings. The van der Waals surface area contributed by atoms with Crippen molar-refractivity contribution in [1.82, 2.24) is 19.9 Å². The molecule has 6 heteroatoms. The summed E-state index contributed by atoms with van der Waals surface area (Å²) in [5.74, 6) is 1.94. The van der Waals surface area contributed by atoms with E-state index in [2.05, 4.69) is 96.0 Å². The van der Waals surface area contributed by atoms with Crippen LogP contribution in [0.3, 0.4) is 0 Å². The maximum Gasteiger partial charge on any atom is 0.165 e. The van der Waals surface area contributed by atoms with Crippen LogP contribution in [0.25, 0.3) is 98.2 Å². The van der Waals surface area contributed by atoms with Gasteiger partial charge in [0.15, 0.2) is 17.5 Å². The molecule has 5 nitrogen and oxygen atoms in total. The Bertz CT molecular complexity index is 2860. The second-order valence-electron chi connectivity index (χ2n) is 11.9. The average molecular weight is 633 g/mol. The van der Waals surface area contributed by atoms with Gasteiger partial charge in [-0.1, -0.05) is 97.1 Å². The highest BCUT2D eigenvalue weighted by molar-refractivity contribution is 7.26. The Morgan fingerprint density at radius 3 is 2.12 bits per heavy atom. The zero-order chi connectivity index (χ0) is 31.6. The van der Waals surface area contributed by atoms with Crippen LogP contribution in [-0.4, -0.2) is 19.9 Å². The van der Waals surface area contributed by atoms with E-state index in [1.54, 1.807) is 17.5 Å². The van der Waals surface area contributed by atoms with E-state index in [-0.39, 0.29) is 0 Å². The quantitative estimate of drug-likeness (QED) is 0.193. The first-order chi connectivity index (χ1) is 23.8. The Morgan fingerprint density at radius 2 is 1.21 bits per heavy atom. The van der Waals surface area contributed by atoms with Gasteiger partial charge in [0.05, 0.1) is 0 Å². The number of hydrogen-bond donors (Lipinski definition) is 0. The van der Waals surface area contributed by atoms with E-state index in [0.29, 0.717) is 17.5 Å². The number of fused-ring (bicyclic) bond motifs is 7. The summed E-state index contributed by atoms with van der Waals surface area (Å²) in [6.07, 6.45) is 3.63. The lowest BCUT2D eigenvalue weighted by atomic mass is 9.96. The molecule has 0 atom stereocenters. The Labute approximate surface area is 278 Å². The molecule has 0 fully saturated rings. The summed E-state index contributed by atoms with van der Waals surface area (Å²) in [7, 11) is 0. The molecule has 0 aliphatic carbocycles. The van der Waals surface area contributed by atoms with Gasteiger partial charge in [-0.3, -0.25) is 4.98 Å². The zero-order valence-corrected chi connectivity index (χ0v) is 26.3. The molecule has 0 amide bonds. The Morgan fingerprint density at radius 1 is 0.458 bits per heavy atom. The van der Waals surface area contributed by atoms with Crippen molar-refractivity contribution in [1.29, 1.82) is 0 Å². The lowest BCUT2D eigenvalue weighted by molar-refractivity contribution is 0.669. The van der Waals surface area contributed by atoms with Crippen LogP contribution in [0.1, 0.15) is 0 Å². The van der Waals surface area contributed by atoms with Crippen molar-refractivity contribution in [2.24, 2.45) is 0 Å². The second kappa shape index (κ2) is 10.7. The molecule has 0 spiro atoms. The predicted octanol–water partition coefficient (Wildman–Crippen LogP) is 11.4. The summed E-state index contributed by atoms with van der Waals surface area (Å²) in [4.78, 5) is 19.7. The molecule has 0 saturated carbocycles. The zero-order valence-electron chi connectivity index (χ0n) is 25.5. The van der Waals surface area contributed by atoms with Crippen LogP contribution in [0.2, 0.25) is 0 Å². The maximum absolute atomic E-state index is 6.13. The number of benzene rings is 6. The number of hydrogen-bond acceptors (Lipinski definition) is 6. The van der Waals surface area contributed by atoms with Crippen LogP contribution in [0.15, 0.2) is 150 Å². The number of furan rings is 1. The van der Waals surface area contributed by atoms with Gasteiger partial charge in [0.25, 0.3) is 0 Å². The molecule has 0 aliphatic heterocycles. The molecule has 4 heterocycles. The van der Waals surface area contributed by atoms with Gasteiger partial charge in [-0.15, -0.1) is 11.3 Å². The number of thiophene rings is 1. The molecule has 0 radical (unpaired) electrons. The van der Waals surface area contributed by atoms with E-state index >= 15 is 0 Å². The molecule has 48 heavy (non-hydrogen) atoms. The van der Waals surface area contributed by atoms with Gasteiger partial charge in [0.2, 0.25) is 0 Å². The Kier molecular flexibility index (Phi) is 5.98. The first-order valence-corrected chi connectivity index (χ1v) is 16.6. The minimum absolute atomic E-state index is 0.634. The van der Waals surface area contributed by atoms with Crippen molar-refractivity contribution in [3.63, 3.8) is 0 Å². The number of pyridine rings is 1. The number of rotatable bonds is 4. The first-order valence-electron chi connectivity index (χ1n) is 15.8. The predicted molar refractivity (Wildman–Crippen MR) is 197 cm³/mol. The molecule has 4 aromatic heterocycles. The van der Waals surface area contributed by atoms with Crippen molar-refractivity contribution < 1.29 is 4.42 Å². The number of nitrogens with zero attached hydrogens (tertiary/aromatic N) is 4. The lowest BCUT2D eigenvalue weighted by Gasteiger charge is -2.13. The van der Waals surface area contributed by atoms with Gasteiger partial charge in [-0.2, -0.15) is 0 Å². The van der Waals surface area contributed by atoms with Gasteiger partial charge >= 0.3 is 0 Å². The third kappa shape index (κ3) is 4.31. The van der Waals surface area contributed by atoms with Crippen LogP contribution < -0.4 is 0 Å². The molecular weight excluding hydrogens is 609 g/mol. The monoisotopic (exact) mass is 632 g/mol. The van der Waals surface area contributed by atoms with Crippen LogP contribution in [-0.2, 0) is 0 Å². The Balaban J connectivity index is 1.18. The highest BCUT2D eigenvalue weighted by atomic mass is 32.1. The molecule has 0 unspecified atom stereocenters. The largest absolute Gasteiger partial charge is 0.456 e. The fourth-order valence-corrected chi connectivity index (χ4v) is 7.93. The van der Waals surface area contributed by atoms with E-state index in [0.717, 1.165) is 60.5 Å². The minimum atomic E-state index is 0.634. The Hall–Kier alpha value is -6.24. The molecule has 0 bridgehead atoms. The number of aromatic nitrogens is 4. The fourth-order valence-electron chi connectivity index (χ4n) is 6.72. The van der Waals surface area contributed by atoms with Gasteiger partial charge in [0.1, 0.15) is 11.2 Å². The molecule has 10 aromatic rings. The molecular formula is C42H24N4OS. The van der Waals surface area contributed by atoms with Crippen LogP contribution in [0.5, 0.6) is 0 Å². The fraction of sp³-hybridized carbons (Fsp3) is 0. The standard InChI is InChI=1S/C42H24N4OS/c1-2-9-25(10-3-1)40-44-41(46-42(45-40)33-15-8-14-31-30-12-6-7-16-38(30)48-39(31)33)32-13-5-4-11-29(32)27-18-17-26-23-37-34(22-28(26)21-27)35-24-43-20-19-36(35)47-37/h1-24H. The van der Waals surface area contributed by atoms with E-state index in [4.69, 9.17) is 19.4 Å². The van der Waals surface area contributed by atoms with E-state index in [1.165, 1.54) is 20.2 Å². The average Bonchev–Trinajstić information content (AvgIpc) is 3.72. The summed E-state index contributed by atoms with van der Waals surface area (Å²) in [6.45, 7) is 0. The van der Waals surface area contributed by atoms with Gasteiger partial charge in [-0.25, -0.2) is 15.0 Å². The SMILES string of the molecule is c1ccc(-c2nc(-c3ccccc3-c3ccc4cc5oc6ccncc6c5cc4c3)nc(-c3cccc4c3sc3ccccc34)n2)cc1. The minimum Gasteiger partial charge on any atom is -0.456 e. The summed E-state index contributed by atoms with van der Waals surface area (Å²) in [5, 5.41) is 6.76. The van der Waals surface area contributed by atoms with E-state index in [9.17, 15) is 0 Å². The van der Waals surface area contributed by atoms with Crippen molar-refractivity contribution in [2.75, 3.05) is 0 Å². The van der Waals surface area contributed by atoms with Crippen LogP contribution >= 0.6 is 11.3 Å². The third-order valence-corrected chi connectivity index (χ3v) is 10.2. The third-order valence-electron chi connectivity index (χ3n) is 9.02. The van der Waals surface area contributed by atoms with E-state index in [1.807, 2.05) is 48.7 Å². The highest BCUT2D eigenvalue weighted by Crippen LogP contribution is 2.41. The molecule has 6 aromatic carbocycles. The van der Waals surface area contributed by atoms with Gasteiger partial charge < -0.3 is 4.42 Å². The molecule has 10 rings (SSSR count). The van der Waals surface area contributed by atoms with Crippen molar-refractivity contribution in [2.45, 2.75) is 0 Å². The second-order valence-corrected chi connectivity index (χ2v) is 12.9. The summed E-state index contributed by atoms with van der Waals surface area (Å²) in [5.41, 5.74) is 6.72. The molecule has 0 N–H and O–H groups in total. The smallest absolute Gasteiger partial charge is 0.165 e. The molecule has 0 saturated heterocycles. The first kappa shape index (κ1) is 26.9. The topological polar surface area (TPSA) is 64.7 Å². The normalized spacial score (nSPS) is 11.8. The van der Waals surface area contributed by atoms with Crippen molar-refractivity contribution in [3.05, 3.63) is 146 Å². The maximum atomic E-state index is 6.13. The van der Waals surface area contributed by atoms with Gasteiger partial charge in [0, 0.05) is 60.0 Å². The summed E-state index contributed by atoms with van der Waals surface area (Å²) < 4.78 is 8.55. The summed E-state index contributed by atoms with van der Waals surface area (Å²) in [6, 6.07) is 46.2. The van der Waals surface area contributed by atoms with Crippen LogP contribution in [0.4, 0.5) is 0 Å². The highest BCUT2D eigenvalue weighted by Gasteiger charge is 2.19. The van der Waals surface area contributed by atoms with Crippen molar-refractivity contribution in [3.8, 4) is 45.3 Å². The van der Waals surface area contributed by atoms with Crippen LogP contribution in [0, 0.1) is 0 Å². The van der Waals surface area contributed by atoms with Gasteiger partial charge in [-0.05, 0) is 58.3 Å². The van der Waals surface area contributed by atoms with E-state index < -0.39 is 0 Å². The molecule has 224 valence electrons.